The zero-order valence-corrected chi connectivity index (χ0v) is 19.2. The fraction of sp³-hybridized carbons (Fsp3) is 0.273. The fourth-order valence-corrected chi connectivity index (χ4v) is 3.25. The van der Waals surface area contributed by atoms with Crippen molar-refractivity contribution in [1.82, 2.24) is 10.2 Å². The Morgan fingerprint density at radius 2 is 2.03 bits per heavy atom. The number of rotatable bonds is 9. The van der Waals surface area contributed by atoms with Crippen LogP contribution in [0, 0.1) is 0 Å². The fourth-order valence-electron chi connectivity index (χ4n) is 2.99. The van der Waals surface area contributed by atoms with E-state index in [4.69, 9.17) is 30.6 Å². The number of benzene rings is 1. The summed E-state index contributed by atoms with van der Waals surface area (Å²) in [6.45, 7) is 3.11. The average Bonchev–Trinajstić information content (AvgIpc) is 3.36. The number of amides is 3. The van der Waals surface area contributed by atoms with Crippen molar-refractivity contribution >= 4 is 41.6 Å². The van der Waals surface area contributed by atoms with Crippen molar-refractivity contribution in [2.45, 2.75) is 26.5 Å². The van der Waals surface area contributed by atoms with Gasteiger partial charge in [0, 0.05) is 0 Å². The number of hydrogen-bond donors (Lipinski definition) is 2. The highest BCUT2D eigenvalue weighted by Gasteiger charge is 2.34. The van der Waals surface area contributed by atoms with Crippen LogP contribution in [-0.2, 0) is 20.9 Å². The summed E-state index contributed by atoms with van der Waals surface area (Å²) < 4.78 is 20.8. The van der Waals surface area contributed by atoms with E-state index in [2.05, 4.69) is 10.1 Å². The number of carbonyl (C=O) groups excluding carboxylic acids is 3. The van der Waals surface area contributed by atoms with Crippen molar-refractivity contribution < 1.29 is 42.9 Å². The predicted molar refractivity (Wildman–Crippen MR) is 117 cm³/mol. The molecule has 1 aromatic heterocycles. The first-order chi connectivity index (χ1) is 16.1. The average molecular weight is 493 g/mol. The minimum absolute atomic E-state index is 0.0316. The molecule has 12 heteroatoms. The number of nitrogens with zero attached hydrogens (tertiary/aromatic N) is 1. The number of urea groups is 1. The zero-order chi connectivity index (χ0) is 25.0. The van der Waals surface area contributed by atoms with Crippen molar-refractivity contribution in [2.24, 2.45) is 0 Å². The van der Waals surface area contributed by atoms with Crippen molar-refractivity contribution in [2.75, 3.05) is 13.7 Å². The lowest BCUT2D eigenvalue weighted by atomic mass is 10.1. The highest BCUT2D eigenvalue weighted by molar-refractivity contribution is 6.32. The molecule has 1 saturated heterocycles. The number of imide groups is 1. The van der Waals surface area contributed by atoms with Gasteiger partial charge in [0.25, 0.3) is 5.91 Å². The largest absolute Gasteiger partial charge is 0.490 e. The molecule has 0 aliphatic carbocycles. The van der Waals surface area contributed by atoms with E-state index in [1.165, 1.54) is 44.4 Å². The van der Waals surface area contributed by atoms with E-state index in [1.807, 2.05) is 0 Å². The monoisotopic (exact) mass is 492 g/mol. The van der Waals surface area contributed by atoms with Crippen LogP contribution in [0.4, 0.5) is 4.79 Å². The molecule has 1 atom stereocenters. The molecule has 1 aliphatic heterocycles. The molecule has 3 amide bonds. The van der Waals surface area contributed by atoms with Gasteiger partial charge in [0.2, 0.25) is 5.76 Å². The summed E-state index contributed by atoms with van der Waals surface area (Å²) in [7, 11) is 1.20. The predicted octanol–water partition coefficient (Wildman–Crippen LogP) is 3.06. The van der Waals surface area contributed by atoms with Crippen LogP contribution in [0.1, 0.15) is 35.7 Å². The molecule has 11 nitrogen and oxygen atoms in total. The Kier molecular flexibility index (Phi) is 7.47. The third kappa shape index (κ3) is 5.31. The van der Waals surface area contributed by atoms with Gasteiger partial charge in [-0.25, -0.2) is 14.4 Å². The summed E-state index contributed by atoms with van der Waals surface area (Å²) in [6.07, 6.45) is 0.215. The number of halogens is 1. The van der Waals surface area contributed by atoms with Crippen molar-refractivity contribution in [3.8, 4) is 11.5 Å². The van der Waals surface area contributed by atoms with Gasteiger partial charge in [-0.15, -0.1) is 0 Å². The molecule has 0 bridgehead atoms. The third-order valence-electron chi connectivity index (χ3n) is 4.61. The maximum absolute atomic E-state index is 12.8. The molecular weight excluding hydrogens is 472 g/mol. The minimum atomic E-state index is -1.18. The molecule has 3 rings (SSSR count). The molecule has 1 fully saturated rings. The zero-order valence-electron chi connectivity index (χ0n) is 18.4. The van der Waals surface area contributed by atoms with Crippen LogP contribution in [0.2, 0.25) is 5.02 Å². The molecule has 1 unspecified atom stereocenters. The first-order valence-corrected chi connectivity index (χ1v) is 10.4. The van der Waals surface area contributed by atoms with Crippen LogP contribution < -0.4 is 14.8 Å². The topological polar surface area (TPSA) is 145 Å². The Bertz CT molecular complexity index is 1170. The number of carbonyl (C=O) groups is 4. The highest BCUT2D eigenvalue weighted by Crippen LogP contribution is 2.38. The van der Waals surface area contributed by atoms with Crippen molar-refractivity contribution in [3.05, 3.63) is 52.1 Å². The van der Waals surface area contributed by atoms with Gasteiger partial charge in [0.05, 0.1) is 25.3 Å². The van der Waals surface area contributed by atoms with Gasteiger partial charge in [-0.05, 0) is 49.8 Å². The molecule has 0 saturated carbocycles. The van der Waals surface area contributed by atoms with Gasteiger partial charge in [0.15, 0.2) is 17.6 Å². The Morgan fingerprint density at radius 3 is 2.68 bits per heavy atom. The van der Waals surface area contributed by atoms with E-state index >= 15 is 0 Å². The first-order valence-electron chi connectivity index (χ1n) is 10.0. The van der Waals surface area contributed by atoms with E-state index in [0.717, 1.165) is 4.90 Å². The van der Waals surface area contributed by atoms with Crippen LogP contribution in [-0.4, -0.2) is 53.7 Å². The quantitative estimate of drug-likeness (QED) is 0.306. The van der Waals surface area contributed by atoms with Crippen LogP contribution in [0.3, 0.4) is 0 Å². The summed E-state index contributed by atoms with van der Waals surface area (Å²) in [5, 5.41) is 11.6. The first kappa shape index (κ1) is 24.6. The summed E-state index contributed by atoms with van der Waals surface area (Å²) in [5.41, 5.74) is 0.371. The Balaban J connectivity index is 1.84. The highest BCUT2D eigenvalue weighted by atomic mass is 35.5. The SMILES string of the molecule is CCOc1cc(C=C2NC(=O)N(Cc3ccc(C(=O)OC)o3)C2=O)cc(Cl)c1OC(C)C(=O)O. The molecule has 2 N–H and O–H groups in total. The maximum atomic E-state index is 12.8. The number of methoxy groups -OCH3 is 1. The van der Waals surface area contributed by atoms with Crippen molar-refractivity contribution in [3.63, 3.8) is 0 Å². The lowest BCUT2D eigenvalue weighted by molar-refractivity contribution is -0.144. The number of hydrogen-bond acceptors (Lipinski definition) is 8. The van der Waals surface area contributed by atoms with Gasteiger partial charge in [-0.2, -0.15) is 0 Å². The van der Waals surface area contributed by atoms with Crippen LogP contribution in [0.15, 0.2) is 34.4 Å². The number of nitrogens with one attached hydrogen (secondary N) is 1. The Labute approximate surface area is 198 Å². The van der Waals surface area contributed by atoms with Gasteiger partial charge in [-0.1, -0.05) is 11.6 Å². The number of ether oxygens (including phenoxy) is 3. The molecular formula is C22H21ClN2O9. The minimum Gasteiger partial charge on any atom is -0.490 e. The molecule has 1 aliphatic rings. The molecule has 34 heavy (non-hydrogen) atoms. The van der Waals surface area contributed by atoms with Crippen LogP contribution in [0.5, 0.6) is 11.5 Å². The van der Waals surface area contributed by atoms with Gasteiger partial charge < -0.3 is 29.1 Å². The summed E-state index contributed by atoms with van der Waals surface area (Å²) in [6, 6.07) is 5.10. The molecule has 2 heterocycles. The third-order valence-corrected chi connectivity index (χ3v) is 4.89. The van der Waals surface area contributed by atoms with E-state index in [0.29, 0.717) is 5.56 Å². The van der Waals surface area contributed by atoms with Crippen LogP contribution in [0.25, 0.3) is 6.08 Å². The lowest BCUT2D eigenvalue weighted by Crippen LogP contribution is -2.30. The summed E-state index contributed by atoms with van der Waals surface area (Å²) >= 11 is 6.29. The Hall–Kier alpha value is -3.99. The smallest absolute Gasteiger partial charge is 0.373 e. The molecule has 2 aromatic rings. The number of furan rings is 1. The van der Waals surface area contributed by atoms with Gasteiger partial charge >= 0.3 is 18.0 Å². The van der Waals surface area contributed by atoms with E-state index in [-0.39, 0.29) is 46.9 Å². The van der Waals surface area contributed by atoms with E-state index in [1.54, 1.807) is 6.92 Å². The second-order valence-corrected chi connectivity index (χ2v) is 7.41. The number of carboxylic acids is 1. The molecule has 0 radical (unpaired) electrons. The van der Waals surface area contributed by atoms with Gasteiger partial charge in [-0.3, -0.25) is 9.69 Å². The Morgan fingerprint density at radius 1 is 1.29 bits per heavy atom. The van der Waals surface area contributed by atoms with Crippen LogP contribution >= 0.6 is 11.6 Å². The normalized spacial score (nSPS) is 15.3. The number of aliphatic carboxylic acids is 1. The van der Waals surface area contributed by atoms with E-state index < -0.39 is 30.0 Å². The number of carboxylic acid groups (broad SMARTS) is 1. The lowest BCUT2D eigenvalue weighted by Gasteiger charge is -2.16. The number of esters is 1. The molecule has 180 valence electrons. The molecule has 0 spiro atoms. The summed E-state index contributed by atoms with van der Waals surface area (Å²) in [5.74, 6) is -2.12. The molecule has 1 aromatic carbocycles. The standard InChI is InChI=1S/C22H21ClN2O9/c1-4-32-17-9-12(7-14(23)18(17)33-11(2)20(27)28)8-15-19(26)25(22(30)24-15)10-13-5-6-16(34-13)21(29)31-3/h5-9,11H,4,10H2,1-3H3,(H,24,30)(H,27,28). The maximum Gasteiger partial charge on any atom is 0.373 e. The van der Waals surface area contributed by atoms with E-state index in [9.17, 15) is 19.2 Å². The van der Waals surface area contributed by atoms with Crippen molar-refractivity contribution in [1.29, 1.82) is 0 Å². The second-order valence-electron chi connectivity index (χ2n) is 7.00. The van der Waals surface area contributed by atoms with Gasteiger partial charge in [0.1, 0.15) is 11.5 Å². The second kappa shape index (κ2) is 10.3. The summed E-state index contributed by atoms with van der Waals surface area (Å²) in [4.78, 5) is 48.7.